The van der Waals surface area contributed by atoms with Crippen molar-refractivity contribution in [3.8, 4) is 0 Å². The van der Waals surface area contributed by atoms with Crippen LogP contribution in [0.1, 0.15) is 30.5 Å². The molecule has 0 aromatic heterocycles. The van der Waals surface area contributed by atoms with Crippen molar-refractivity contribution in [3.05, 3.63) is 95.3 Å². The lowest BCUT2D eigenvalue weighted by Crippen LogP contribution is -2.45. The van der Waals surface area contributed by atoms with Gasteiger partial charge in [-0.05, 0) is 60.2 Å². The van der Waals surface area contributed by atoms with Crippen molar-refractivity contribution in [1.82, 2.24) is 4.72 Å². The molecular weight excluding hydrogens is 427 g/mol. The fourth-order valence-corrected chi connectivity index (χ4v) is 4.72. The van der Waals surface area contributed by atoms with Crippen molar-refractivity contribution >= 4 is 21.6 Å². The maximum absolute atomic E-state index is 13.3. The summed E-state index contributed by atoms with van der Waals surface area (Å²) in [6.07, 6.45) is 1.63. The molecule has 0 fully saturated rings. The fraction of sp³-hybridized carbons (Fsp3) is 0.240. The monoisotopic (exact) mass is 454 g/mol. The second-order valence-electron chi connectivity index (χ2n) is 7.47. The van der Waals surface area contributed by atoms with Gasteiger partial charge in [-0.25, -0.2) is 12.8 Å². The second-order valence-corrected chi connectivity index (χ2v) is 9.18. The van der Waals surface area contributed by atoms with Crippen LogP contribution < -0.4 is 10.0 Å². The standard InChI is InChI=1S/C25H27FN2O3S/c1-3-19-11-8-12-20(4-2)24(19)27-25(29)23(17-18-9-6-5-7-10-18)28-32(30,31)22-15-13-21(26)14-16-22/h5-16,23,28H,3-4,17H2,1-2H3,(H,27,29)/t23-/m0/s1. The maximum Gasteiger partial charge on any atom is 0.242 e. The van der Waals surface area contributed by atoms with Crippen LogP contribution in [-0.4, -0.2) is 20.4 Å². The van der Waals surface area contributed by atoms with Gasteiger partial charge in [-0.1, -0.05) is 62.4 Å². The quantitative estimate of drug-likeness (QED) is 0.501. The van der Waals surface area contributed by atoms with Gasteiger partial charge in [-0.2, -0.15) is 4.72 Å². The summed E-state index contributed by atoms with van der Waals surface area (Å²) in [5, 5.41) is 2.96. The number of hydrogen-bond acceptors (Lipinski definition) is 3. The highest BCUT2D eigenvalue weighted by Crippen LogP contribution is 2.23. The SMILES string of the molecule is CCc1cccc(CC)c1NC(=O)[C@H](Cc1ccccc1)NS(=O)(=O)c1ccc(F)cc1. The number of amides is 1. The van der Waals surface area contributed by atoms with E-state index in [9.17, 15) is 17.6 Å². The predicted octanol–water partition coefficient (Wildman–Crippen LogP) is 4.48. The number of carbonyl (C=O) groups is 1. The number of anilines is 1. The van der Waals surface area contributed by atoms with Gasteiger partial charge in [0.1, 0.15) is 11.9 Å². The molecule has 1 atom stereocenters. The van der Waals surface area contributed by atoms with Crippen LogP contribution in [0, 0.1) is 5.82 Å². The minimum absolute atomic E-state index is 0.104. The summed E-state index contributed by atoms with van der Waals surface area (Å²) >= 11 is 0. The molecule has 0 radical (unpaired) electrons. The van der Waals surface area contributed by atoms with E-state index in [1.54, 1.807) is 0 Å². The molecule has 0 aliphatic rings. The van der Waals surface area contributed by atoms with Crippen molar-refractivity contribution in [2.24, 2.45) is 0 Å². The molecule has 3 aromatic carbocycles. The molecule has 3 rings (SSSR count). The van der Waals surface area contributed by atoms with Crippen LogP contribution in [0.5, 0.6) is 0 Å². The Labute approximate surface area is 188 Å². The molecule has 0 saturated carbocycles. The number of halogens is 1. The zero-order valence-corrected chi connectivity index (χ0v) is 19.0. The summed E-state index contributed by atoms with van der Waals surface area (Å²) < 4.78 is 41.6. The Morgan fingerprint density at radius 1 is 0.875 bits per heavy atom. The number of hydrogen-bond donors (Lipinski definition) is 2. The Kier molecular flexibility index (Phi) is 7.77. The number of rotatable bonds is 9. The molecule has 0 unspecified atom stereocenters. The van der Waals surface area contributed by atoms with Crippen molar-refractivity contribution < 1.29 is 17.6 Å². The first-order chi connectivity index (χ1) is 15.3. The molecular formula is C25H27FN2O3S. The number of aryl methyl sites for hydroxylation is 2. The number of para-hydroxylation sites is 1. The molecule has 0 bridgehead atoms. The van der Waals surface area contributed by atoms with Gasteiger partial charge in [0.15, 0.2) is 0 Å². The predicted molar refractivity (Wildman–Crippen MR) is 124 cm³/mol. The van der Waals surface area contributed by atoms with Crippen LogP contribution >= 0.6 is 0 Å². The van der Waals surface area contributed by atoms with E-state index < -0.39 is 27.8 Å². The van der Waals surface area contributed by atoms with E-state index in [0.717, 1.165) is 47.4 Å². The topological polar surface area (TPSA) is 75.3 Å². The van der Waals surface area contributed by atoms with Crippen LogP contribution in [0.25, 0.3) is 0 Å². The van der Waals surface area contributed by atoms with Crippen LogP contribution in [-0.2, 0) is 34.1 Å². The van der Waals surface area contributed by atoms with Gasteiger partial charge in [0, 0.05) is 5.69 Å². The van der Waals surface area contributed by atoms with E-state index in [-0.39, 0.29) is 11.3 Å². The zero-order valence-electron chi connectivity index (χ0n) is 18.1. The Balaban J connectivity index is 1.92. The number of benzene rings is 3. The van der Waals surface area contributed by atoms with Crippen molar-refractivity contribution in [2.75, 3.05) is 5.32 Å². The lowest BCUT2D eigenvalue weighted by atomic mass is 10.0. The first-order valence-electron chi connectivity index (χ1n) is 10.6. The molecule has 168 valence electrons. The molecule has 0 spiro atoms. The van der Waals surface area contributed by atoms with E-state index >= 15 is 0 Å². The number of sulfonamides is 1. The maximum atomic E-state index is 13.3. The Morgan fingerprint density at radius 2 is 1.47 bits per heavy atom. The summed E-state index contributed by atoms with van der Waals surface area (Å²) in [6.45, 7) is 4.01. The summed E-state index contributed by atoms with van der Waals surface area (Å²) in [4.78, 5) is 13.2. The molecule has 3 aromatic rings. The van der Waals surface area contributed by atoms with Crippen LogP contribution in [0.4, 0.5) is 10.1 Å². The molecule has 2 N–H and O–H groups in total. The summed E-state index contributed by atoms with van der Waals surface area (Å²) in [6, 6.07) is 18.5. The average molecular weight is 455 g/mol. The second kappa shape index (κ2) is 10.5. The van der Waals surface area contributed by atoms with Gasteiger partial charge in [-0.15, -0.1) is 0 Å². The fourth-order valence-electron chi connectivity index (χ4n) is 3.52. The van der Waals surface area contributed by atoms with Gasteiger partial charge < -0.3 is 5.32 Å². The summed E-state index contributed by atoms with van der Waals surface area (Å²) in [7, 11) is -4.04. The van der Waals surface area contributed by atoms with Crippen LogP contribution in [0.3, 0.4) is 0 Å². The minimum Gasteiger partial charge on any atom is -0.324 e. The summed E-state index contributed by atoms with van der Waals surface area (Å²) in [5.41, 5.74) is 3.51. The molecule has 32 heavy (non-hydrogen) atoms. The highest BCUT2D eigenvalue weighted by atomic mass is 32.2. The molecule has 7 heteroatoms. The third-order valence-corrected chi connectivity index (χ3v) is 6.76. The average Bonchev–Trinajstić information content (AvgIpc) is 2.79. The van der Waals surface area contributed by atoms with Gasteiger partial charge in [-0.3, -0.25) is 4.79 Å². The third-order valence-electron chi connectivity index (χ3n) is 5.27. The normalized spacial score (nSPS) is 12.3. The van der Waals surface area contributed by atoms with E-state index in [0.29, 0.717) is 0 Å². The third kappa shape index (κ3) is 5.81. The van der Waals surface area contributed by atoms with Crippen LogP contribution in [0.15, 0.2) is 77.7 Å². The molecule has 0 heterocycles. The number of carbonyl (C=O) groups excluding carboxylic acids is 1. The molecule has 1 amide bonds. The van der Waals surface area contributed by atoms with E-state index in [1.165, 1.54) is 12.1 Å². The number of nitrogens with one attached hydrogen (secondary N) is 2. The van der Waals surface area contributed by atoms with Crippen LogP contribution in [0.2, 0.25) is 0 Å². The Morgan fingerprint density at radius 3 is 2.03 bits per heavy atom. The largest absolute Gasteiger partial charge is 0.324 e. The highest BCUT2D eigenvalue weighted by molar-refractivity contribution is 7.89. The van der Waals surface area contributed by atoms with Crippen molar-refractivity contribution in [3.63, 3.8) is 0 Å². The first kappa shape index (κ1) is 23.6. The highest BCUT2D eigenvalue weighted by Gasteiger charge is 2.27. The van der Waals surface area contributed by atoms with Crippen molar-refractivity contribution in [1.29, 1.82) is 0 Å². The molecule has 0 aliphatic heterocycles. The lowest BCUT2D eigenvalue weighted by Gasteiger charge is -2.21. The van der Waals surface area contributed by atoms with E-state index in [2.05, 4.69) is 10.0 Å². The minimum atomic E-state index is -4.04. The Hall–Kier alpha value is -3.03. The van der Waals surface area contributed by atoms with E-state index in [1.807, 2.05) is 62.4 Å². The molecule has 0 aliphatic carbocycles. The van der Waals surface area contributed by atoms with Gasteiger partial charge in [0.25, 0.3) is 0 Å². The smallest absolute Gasteiger partial charge is 0.242 e. The summed E-state index contributed by atoms with van der Waals surface area (Å²) in [5.74, 6) is -0.985. The molecule has 0 saturated heterocycles. The van der Waals surface area contributed by atoms with Crippen molar-refractivity contribution in [2.45, 2.75) is 44.0 Å². The Bertz CT molecular complexity index is 1140. The lowest BCUT2D eigenvalue weighted by molar-refractivity contribution is -0.117. The van der Waals surface area contributed by atoms with Gasteiger partial charge in [0.05, 0.1) is 4.90 Å². The molecule has 5 nitrogen and oxygen atoms in total. The van der Waals surface area contributed by atoms with E-state index in [4.69, 9.17) is 0 Å². The first-order valence-corrected chi connectivity index (χ1v) is 12.1. The van der Waals surface area contributed by atoms with Gasteiger partial charge >= 0.3 is 0 Å². The zero-order chi connectivity index (χ0) is 23.1. The van der Waals surface area contributed by atoms with Gasteiger partial charge in [0.2, 0.25) is 15.9 Å².